The van der Waals surface area contributed by atoms with Crippen molar-refractivity contribution in [1.82, 2.24) is 66.2 Å². The highest BCUT2D eigenvalue weighted by atomic mass is 32.1. The number of Topliss-reactive ketones (excluding diaryl/α,β-unsaturated/α-hetero) is 1. The van der Waals surface area contributed by atoms with E-state index in [0.29, 0.717) is 44.3 Å². The number of nitrogens with zero attached hydrogens (tertiary/aromatic N) is 10. The van der Waals surface area contributed by atoms with Crippen molar-refractivity contribution in [2.24, 2.45) is 0 Å². The average molecular weight is 1120 g/mol. The molecule has 420 valence electrons. The number of anilines is 2. The molecule has 7 rings (SSSR count). The molecule has 0 saturated heterocycles. The van der Waals surface area contributed by atoms with Crippen molar-refractivity contribution in [1.29, 1.82) is 0 Å². The molecule has 0 bridgehead atoms. The Kier molecular flexibility index (Phi) is 51.4. The molecule has 25 heteroatoms. The molecular weight excluding hydrogens is 1030 g/mol. The maximum Gasteiger partial charge on any atom is 0.282 e. The first-order valence-electron chi connectivity index (χ1n) is 24.7. The highest BCUT2D eigenvalue weighted by Crippen LogP contribution is 2.20. The quantitative estimate of drug-likeness (QED) is 0.0969. The third-order valence-electron chi connectivity index (χ3n) is 7.01. The van der Waals surface area contributed by atoms with Gasteiger partial charge in [-0.2, -0.15) is 0 Å². The fraction of sp³-hybridized carbons (Fsp3) is 0.520. The summed E-state index contributed by atoms with van der Waals surface area (Å²) in [6.45, 7) is 40.5. The zero-order valence-electron chi connectivity index (χ0n) is 48.6. The first-order valence-corrected chi connectivity index (χ1v) is 28.0. The lowest BCUT2D eigenvalue weighted by Gasteiger charge is -2.09. The van der Waals surface area contributed by atoms with Gasteiger partial charge in [-0.15, -0.1) is 43.1 Å². The van der Waals surface area contributed by atoms with Gasteiger partial charge in [0.2, 0.25) is 22.0 Å². The van der Waals surface area contributed by atoms with E-state index in [4.69, 9.17) is 0 Å². The van der Waals surface area contributed by atoms with Gasteiger partial charge in [0.05, 0.1) is 45.6 Å². The van der Waals surface area contributed by atoms with Crippen molar-refractivity contribution >= 4 is 91.5 Å². The van der Waals surface area contributed by atoms with E-state index in [0.717, 1.165) is 43.6 Å². The van der Waals surface area contributed by atoms with Crippen LogP contribution in [0, 0.1) is 41.5 Å². The maximum absolute atomic E-state index is 11.2. The van der Waals surface area contributed by atoms with Gasteiger partial charge in [0.1, 0.15) is 31.4 Å². The first-order chi connectivity index (χ1) is 35.8. The normalized spacial score (nSPS) is 9.35. The Morgan fingerprint density at radius 1 is 0.560 bits per heavy atom. The summed E-state index contributed by atoms with van der Waals surface area (Å²) in [6, 6.07) is 0. The van der Waals surface area contributed by atoms with Gasteiger partial charge in [-0.05, 0) is 41.5 Å². The zero-order chi connectivity index (χ0) is 59.1. The molecule has 5 N–H and O–H groups in total. The van der Waals surface area contributed by atoms with Crippen molar-refractivity contribution in [3.8, 4) is 0 Å². The van der Waals surface area contributed by atoms with E-state index in [2.05, 4.69) is 76.9 Å². The summed E-state index contributed by atoms with van der Waals surface area (Å²) in [6.07, 6.45) is 9.24. The Balaban J connectivity index is -0.000000251. The lowest BCUT2D eigenvalue weighted by atomic mass is 10.2. The molecule has 0 fully saturated rings. The smallest absolute Gasteiger partial charge is 0.282 e. The molecule has 75 heavy (non-hydrogen) atoms. The number of aromatic nitrogens is 10. The van der Waals surface area contributed by atoms with Crippen LogP contribution in [0.5, 0.6) is 0 Å². The Morgan fingerprint density at radius 2 is 1.04 bits per heavy atom. The molecule has 6 aromatic rings. The van der Waals surface area contributed by atoms with Gasteiger partial charge >= 0.3 is 0 Å². The predicted octanol–water partition coefficient (Wildman–Crippen LogP) is 10.8. The summed E-state index contributed by atoms with van der Waals surface area (Å²) < 4.78 is 0. The summed E-state index contributed by atoms with van der Waals surface area (Å²) in [7, 11) is 3.18. The molecular formula is C50H85N15O6S4. The number of amides is 5. The largest absolute Gasteiger partial charge is 0.354 e. The SMILES string of the molecule is CC.CC.CC.CC.CC.CC.CC(=O)Nc1cnc(C)nc1.CC(=O)Nc1nnc(C)s1.CCC(=O)c1cnc(C)nc1.CNC(=O)c1cnc(C)s1.CNC(=O)c1nnc(C)s1.Cc1nc2c(s1)C(=O)NCC2. The lowest BCUT2D eigenvalue weighted by molar-refractivity contribution is -0.115. The second kappa shape index (κ2) is 49.8. The van der Waals surface area contributed by atoms with Crippen LogP contribution in [0.1, 0.15) is 187 Å². The molecule has 0 aliphatic carbocycles. The van der Waals surface area contributed by atoms with Gasteiger partial charge in [0.25, 0.3) is 17.7 Å². The van der Waals surface area contributed by atoms with Crippen molar-refractivity contribution in [3.63, 3.8) is 0 Å². The van der Waals surface area contributed by atoms with E-state index in [1.807, 2.05) is 118 Å². The summed E-state index contributed by atoms with van der Waals surface area (Å²) in [4.78, 5) is 90.2. The fourth-order valence-corrected chi connectivity index (χ4v) is 7.06. The minimum atomic E-state index is -0.175. The van der Waals surface area contributed by atoms with Crippen LogP contribution in [0.15, 0.2) is 31.0 Å². The number of hydrogen-bond donors (Lipinski definition) is 5. The second-order valence-corrected chi connectivity index (χ2v) is 17.1. The minimum Gasteiger partial charge on any atom is -0.354 e. The third-order valence-corrected chi connectivity index (χ3v) is 10.5. The molecule has 1 aliphatic heterocycles. The molecule has 6 aromatic heterocycles. The van der Waals surface area contributed by atoms with Crippen LogP contribution in [0.2, 0.25) is 0 Å². The van der Waals surface area contributed by atoms with Crippen LogP contribution < -0.4 is 26.6 Å². The number of hydrogen-bond acceptors (Lipinski definition) is 20. The number of aryl methyl sites for hydroxylation is 6. The van der Waals surface area contributed by atoms with Gasteiger partial charge < -0.3 is 26.6 Å². The number of nitrogens with one attached hydrogen (secondary N) is 5. The molecule has 7 heterocycles. The number of rotatable bonds is 6. The molecule has 0 unspecified atom stereocenters. The second-order valence-electron chi connectivity index (χ2n) is 12.3. The number of fused-ring (bicyclic) bond motifs is 1. The van der Waals surface area contributed by atoms with E-state index in [1.165, 1.54) is 59.2 Å². The molecule has 0 radical (unpaired) electrons. The maximum atomic E-state index is 11.2. The van der Waals surface area contributed by atoms with Crippen LogP contribution in [0.25, 0.3) is 0 Å². The Hall–Kier alpha value is -6.44. The van der Waals surface area contributed by atoms with Crippen LogP contribution >= 0.6 is 45.3 Å². The molecule has 0 spiro atoms. The standard InChI is InChI=1S/C8H10N2O.C7H9N3O.C7H8N2OS.C6H8N2OS.2C5H7N3OS.6C2H6/c1-3-8(11)7-4-9-6(2)10-5-7;1-5-8-3-7(4-9-5)10-6(2)11;1-4-9-5-2-3-8-7(10)6(5)11-4;1-4-8-3-5(10-4)6(9)7-2;1-3-7-8-5(10-3)4(9)6-2;1-3(9)6-5-8-7-4(2)10-5;6*1-2/h4-5H,3H2,1-2H3;3-4H,1-2H3,(H,10,11);2-3H2,1H3,(H,8,10);3H,1-2H3,(H,7,9);1-2H3,(H,6,9);1-2H3,(H,6,8,9);6*1-2H3. The van der Waals surface area contributed by atoms with Gasteiger partial charge in [-0.25, -0.2) is 29.9 Å². The molecule has 0 atom stereocenters. The van der Waals surface area contributed by atoms with E-state index < -0.39 is 0 Å². The van der Waals surface area contributed by atoms with Crippen molar-refractivity contribution in [2.75, 3.05) is 31.3 Å². The summed E-state index contributed by atoms with van der Waals surface area (Å²) in [5, 5.41) is 32.2. The monoisotopic (exact) mass is 1120 g/mol. The summed E-state index contributed by atoms with van der Waals surface area (Å²) >= 11 is 5.52. The van der Waals surface area contributed by atoms with Crippen LogP contribution in [-0.4, -0.2) is 106 Å². The number of ketones is 1. The van der Waals surface area contributed by atoms with E-state index in [-0.39, 0.29) is 35.3 Å². The number of thiazole rings is 2. The zero-order valence-corrected chi connectivity index (χ0v) is 51.8. The number of carbonyl (C=O) groups is 6. The Bertz CT molecular complexity index is 2370. The molecule has 0 saturated carbocycles. The molecule has 0 aromatic carbocycles. The lowest BCUT2D eigenvalue weighted by Crippen LogP contribution is -2.30. The van der Waals surface area contributed by atoms with Gasteiger partial charge in [-0.1, -0.05) is 113 Å². The van der Waals surface area contributed by atoms with Crippen LogP contribution in [-0.2, 0) is 16.0 Å². The predicted molar refractivity (Wildman–Crippen MR) is 311 cm³/mol. The summed E-state index contributed by atoms with van der Waals surface area (Å²) in [5.74, 6) is 1.04. The highest BCUT2D eigenvalue weighted by Gasteiger charge is 2.20. The highest BCUT2D eigenvalue weighted by molar-refractivity contribution is 7.15. The minimum absolute atomic E-state index is 0.0388. The topological polar surface area (TPSA) is 291 Å². The third kappa shape index (κ3) is 37.0. The Labute approximate surface area is 462 Å². The van der Waals surface area contributed by atoms with Crippen molar-refractivity contribution in [3.05, 3.63) is 88.7 Å². The van der Waals surface area contributed by atoms with Crippen LogP contribution in [0.4, 0.5) is 10.8 Å². The first kappa shape index (κ1) is 77.5. The average Bonchev–Trinajstić information content (AvgIpc) is 4.26. The van der Waals surface area contributed by atoms with Crippen molar-refractivity contribution < 1.29 is 28.8 Å². The van der Waals surface area contributed by atoms with Crippen molar-refractivity contribution in [2.45, 2.75) is 158 Å². The molecule has 21 nitrogen and oxygen atoms in total. The van der Waals surface area contributed by atoms with Gasteiger partial charge in [-0.3, -0.25) is 28.8 Å². The molecule has 5 amide bonds. The van der Waals surface area contributed by atoms with E-state index in [1.54, 1.807) is 58.9 Å². The van der Waals surface area contributed by atoms with E-state index in [9.17, 15) is 28.8 Å². The fourth-order valence-electron chi connectivity index (χ4n) is 4.18. The van der Waals surface area contributed by atoms with Gasteiger partial charge in [0, 0.05) is 59.7 Å². The number of carbonyl (C=O) groups excluding carboxylic acids is 6. The van der Waals surface area contributed by atoms with E-state index >= 15 is 0 Å². The van der Waals surface area contributed by atoms with Gasteiger partial charge in [0.15, 0.2) is 5.78 Å². The molecule has 1 aliphatic rings. The summed E-state index contributed by atoms with van der Waals surface area (Å²) in [5.41, 5.74) is 2.19. The Morgan fingerprint density at radius 3 is 1.43 bits per heavy atom. The van der Waals surface area contributed by atoms with Crippen LogP contribution in [0.3, 0.4) is 0 Å².